The van der Waals surface area contributed by atoms with Crippen LogP contribution in [0.3, 0.4) is 0 Å². The molecule has 2 aromatic rings. The van der Waals surface area contributed by atoms with E-state index in [0.717, 1.165) is 31.9 Å². The molecule has 0 aromatic heterocycles. The molecule has 0 spiro atoms. The molecule has 13 heteroatoms. The summed E-state index contributed by atoms with van der Waals surface area (Å²) in [5, 5.41) is 8.85. The molecule has 7 nitrogen and oxygen atoms in total. The zero-order valence-electron chi connectivity index (χ0n) is 22.4. The van der Waals surface area contributed by atoms with Crippen LogP contribution in [0.1, 0.15) is 48.0 Å². The van der Waals surface area contributed by atoms with Crippen LogP contribution in [0.4, 0.5) is 33.3 Å². The summed E-state index contributed by atoms with van der Waals surface area (Å²) in [6.07, 6.45) is -1.89. The maximum atomic E-state index is 15.0. The van der Waals surface area contributed by atoms with Crippen LogP contribution in [-0.2, 0) is 11.3 Å². The van der Waals surface area contributed by atoms with Crippen molar-refractivity contribution < 1.29 is 31.5 Å². The van der Waals surface area contributed by atoms with Gasteiger partial charge in [0.1, 0.15) is 0 Å². The number of nitrogens with zero attached hydrogens (tertiary/aromatic N) is 2. The average Bonchev–Trinajstić information content (AvgIpc) is 2.94. The third kappa shape index (κ3) is 8.76. The number of piperidine rings is 1. The minimum atomic E-state index is -4.23. The molecule has 0 aliphatic carbocycles. The first kappa shape index (κ1) is 31.0. The normalized spacial score (nSPS) is 18.3. The van der Waals surface area contributed by atoms with Crippen LogP contribution in [0.5, 0.6) is 0 Å². The summed E-state index contributed by atoms with van der Waals surface area (Å²) in [4.78, 5) is 28.8. The molecule has 3 N–H and O–H groups in total. The van der Waals surface area contributed by atoms with Gasteiger partial charge in [-0.15, -0.1) is 0 Å². The lowest BCUT2D eigenvalue weighted by Crippen LogP contribution is -2.47. The van der Waals surface area contributed by atoms with Crippen molar-refractivity contribution in [2.75, 3.05) is 49.5 Å². The molecular formula is C28H33ClF5N5O2. The number of nitrogens with one attached hydrogen (secondary N) is 3. The molecule has 1 atom stereocenters. The predicted molar refractivity (Wildman–Crippen MR) is 147 cm³/mol. The minimum absolute atomic E-state index is 0.0624. The van der Waals surface area contributed by atoms with Gasteiger partial charge in [0.15, 0.2) is 11.6 Å². The number of carbonyl (C=O) groups excluding carboxylic acids is 2. The maximum absolute atomic E-state index is 15.0. The van der Waals surface area contributed by atoms with Gasteiger partial charge in [-0.3, -0.25) is 14.5 Å². The number of amides is 2. The van der Waals surface area contributed by atoms with E-state index in [1.807, 2.05) is 4.90 Å². The molecule has 224 valence electrons. The predicted octanol–water partition coefficient (Wildman–Crippen LogP) is 5.09. The Labute approximate surface area is 240 Å². The molecule has 1 unspecified atom stereocenters. The van der Waals surface area contributed by atoms with Crippen LogP contribution in [0.15, 0.2) is 30.3 Å². The van der Waals surface area contributed by atoms with Crippen LogP contribution in [0.2, 0.25) is 5.02 Å². The quantitative estimate of drug-likeness (QED) is 0.349. The second-order valence-corrected chi connectivity index (χ2v) is 10.8. The number of rotatable bonds is 9. The van der Waals surface area contributed by atoms with Crippen molar-refractivity contribution in [3.8, 4) is 0 Å². The highest BCUT2D eigenvalue weighted by Gasteiger charge is 2.29. The minimum Gasteiger partial charge on any atom is -0.367 e. The summed E-state index contributed by atoms with van der Waals surface area (Å²) >= 11 is 6.17. The number of hydrogen-bond donors (Lipinski definition) is 3. The highest BCUT2D eigenvalue weighted by atomic mass is 35.5. The summed E-state index contributed by atoms with van der Waals surface area (Å²) in [6.45, 7) is 2.07. The number of piperazine rings is 1. The van der Waals surface area contributed by atoms with Crippen molar-refractivity contribution in [3.63, 3.8) is 0 Å². The zero-order chi connectivity index (χ0) is 29.6. The third-order valence-electron chi connectivity index (χ3n) is 7.36. The average molecular weight is 602 g/mol. The van der Waals surface area contributed by atoms with Gasteiger partial charge in [0, 0.05) is 62.3 Å². The molecule has 4 rings (SSSR count). The molecule has 2 aliphatic rings. The second kappa shape index (κ2) is 13.8. The standard InChI is InChI=1S/C28H33ClF5N5O2/c29-19-5-7-22(23(15-19)39-13-11-38(12-14-39)10-8-28(32,33)34)37-27(41)21-6-4-18(25(30)26(21)31)17-36-24(40)16-20-3-1-2-9-35-20/h4-7,15,20,35H,1-3,8-14,16-17H2,(H,36,40)(H,37,41). The molecule has 2 aliphatic heterocycles. The van der Waals surface area contributed by atoms with Gasteiger partial charge in [0.25, 0.3) is 5.91 Å². The lowest BCUT2D eigenvalue weighted by Gasteiger charge is -2.37. The van der Waals surface area contributed by atoms with Crippen LogP contribution < -0.4 is 20.9 Å². The van der Waals surface area contributed by atoms with E-state index >= 15 is 0 Å². The first-order valence-corrected chi connectivity index (χ1v) is 14.0. The van der Waals surface area contributed by atoms with Gasteiger partial charge in [-0.25, -0.2) is 8.78 Å². The fourth-order valence-corrected chi connectivity index (χ4v) is 5.21. The maximum Gasteiger partial charge on any atom is 0.390 e. The van der Waals surface area contributed by atoms with Gasteiger partial charge in [-0.1, -0.05) is 24.1 Å². The molecule has 41 heavy (non-hydrogen) atoms. The van der Waals surface area contributed by atoms with E-state index in [1.54, 1.807) is 11.0 Å². The highest BCUT2D eigenvalue weighted by molar-refractivity contribution is 6.31. The van der Waals surface area contributed by atoms with E-state index in [1.165, 1.54) is 18.2 Å². The summed E-state index contributed by atoms with van der Waals surface area (Å²) in [7, 11) is 0. The molecule has 2 heterocycles. The summed E-state index contributed by atoms with van der Waals surface area (Å²) < 4.78 is 67.5. The Morgan fingerprint density at radius 3 is 2.46 bits per heavy atom. The smallest absolute Gasteiger partial charge is 0.367 e. The van der Waals surface area contributed by atoms with Gasteiger partial charge >= 0.3 is 6.18 Å². The molecule has 2 amide bonds. The van der Waals surface area contributed by atoms with E-state index < -0.39 is 35.7 Å². The largest absolute Gasteiger partial charge is 0.390 e. The number of halogens is 6. The van der Waals surface area contributed by atoms with E-state index in [-0.39, 0.29) is 37.0 Å². The van der Waals surface area contributed by atoms with E-state index in [4.69, 9.17) is 11.6 Å². The Kier molecular flexibility index (Phi) is 10.4. The van der Waals surface area contributed by atoms with Crippen LogP contribution in [0.25, 0.3) is 0 Å². The molecule has 0 saturated carbocycles. The number of alkyl halides is 3. The first-order valence-electron chi connectivity index (χ1n) is 13.6. The van der Waals surface area contributed by atoms with Crippen molar-refractivity contribution in [3.05, 3.63) is 58.1 Å². The van der Waals surface area contributed by atoms with E-state index in [9.17, 15) is 31.5 Å². The van der Waals surface area contributed by atoms with Gasteiger partial charge < -0.3 is 20.9 Å². The molecule has 2 saturated heterocycles. The molecular weight excluding hydrogens is 569 g/mol. The Hall–Kier alpha value is -2.96. The molecule has 2 fully saturated rings. The Morgan fingerprint density at radius 2 is 1.78 bits per heavy atom. The number of benzene rings is 2. The Morgan fingerprint density at radius 1 is 1.02 bits per heavy atom. The number of carbonyl (C=O) groups is 2. The number of hydrogen-bond acceptors (Lipinski definition) is 5. The van der Waals surface area contributed by atoms with Crippen molar-refractivity contribution in [2.24, 2.45) is 0 Å². The summed E-state index contributed by atoms with van der Waals surface area (Å²) in [5.41, 5.74) is 0.228. The molecule has 0 bridgehead atoms. The zero-order valence-corrected chi connectivity index (χ0v) is 23.2. The monoisotopic (exact) mass is 601 g/mol. The summed E-state index contributed by atoms with van der Waals surface area (Å²) in [6, 6.07) is 7.15. The molecule has 2 aromatic carbocycles. The van der Waals surface area contributed by atoms with Crippen molar-refractivity contribution in [2.45, 2.75) is 50.9 Å². The lowest BCUT2D eigenvalue weighted by atomic mass is 10.0. The SMILES string of the molecule is O=C(CC1CCCCN1)NCc1ccc(C(=O)Nc2ccc(Cl)cc2N2CCN(CCC(F)(F)F)CC2)c(F)c1F. The fourth-order valence-electron chi connectivity index (χ4n) is 5.05. The van der Waals surface area contributed by atoms with Crippen LogP contribution >= 0.6 is 11.6 Å². The topological polar surface area (TPSA) is 76.7 Å². The van der Waals surface area contributed by atoms with Gasteiger partial charge in [-0.2, -0.15) is 13.2 Å². The number of anilines is 2. The van der Waals surface area contributed by atoms with E-state index in [0.29, 0.717) is 42.6 Å². The third-order valence-corrected chi connectivity index (χ3v) is 7.59. The Bertz CT molecular complexity index is 1230. The second-order valence-electron chi connectivity index (χ2n) is 10.3. The Balaban J connectivity index is 1.38. The fraction of sp³-hybridized carbons (Fsp3) is 0.500. The van der Waals surface area contributed by atoms with Gasteiger partial charge in [0.05, 0.1) is 23.4 Å². The van der Waals surface area contributed by atoms with Crippen molar-refractivity contribution in [1.82, 2.24) is 15.5 Å². The van der Waals surface area contributed by atoms with Gasteiger partial charge in [-0.05, 0) is 43.7 Å². The van der Waals surface area contributed by atoms with Gasteiger partial charge in [0.2, 0.25) is 5.91 Å². The molecule has 0 radical (unpaired) electrons. The summed E-state index contributed by atoms with van der Waals surface area (Å²) in [5.74, 6) is -3.72. The highest BCUT2D eigenvalue weighted by Crippen LogP contribution is 2.31. The van der Waals surface area contributed by atoms with Crippen molar-refractivity contribution in [1.29, 1.82) is 0 Å². The first-order chi connectivity index (χ1) is 19.5. The van der Waals surface area contributed by atoms with E-state index in [2.05, 4.69) is 16.0 Å². The van der Waals surface area contributed by atoms with Crippen LogP contribution in [-0.4, -0.2) is 68.2 Å². The van der Waals surface area contributed by atoms with Crippen LogP contribution in [0, 0.1) is 11.6 Å². The van der Waals surface area contributed by atoms with Crippen molar-refractivity contribution >= 4 is 34.8 Å². The lowest BCUT2D eigenvalue weighted by molar-refractivity contribution is -0.138.